The SMILES string of the molecule is CCOC(=O)C=Cc1cc(Br)ccc1N1CCC(Oc2ccc(C(F)(F)F)cn2)C1. The number of nitrogens with zero attached hydrogens (tertiary/aromatic N) is 2. The van der Waals surface area contributed by atoms with Crippen LogP contribution in [-0.4, -0.2) is 36.8 Å². The van der Waals surface area contributed by atoms with Gasteiger partial charge in [0.2, 0.25) is 5.88 Å². The van der Waals surface area contributed by atoms with Gasteiger partial charge in [-0.3, -0.25) is 0 Å². The lowest BCUT2D eigenvalue weighted by molar-refractivity contribution is -0.138. The summed E-state index contributed by atoms with van der Waals surface area (Å²) in [5, 5.41) is 0. The van der Waals surface area contributed by atoms with Gasteiger partial charge in [-0.25, -0.2) is 9.78 Å². The molecule has 1 aliphatic rings. The molecule has 1 aromatic heterocycles. The van der Waals surface area contributed by atoms with E-state index in [0.29, 0.717) is 26.1 Å². The summed E-state index contributed by atoms with van der Waals surface area (Å²) in [5.41, 5.74) is 0.951. The standard InChI is InChI=1S/C21H20BrF3N2O3/c1-2-29-20(28)8-3-14-11-16(22)5-6-18(14)27-10-9-17(13-27)30-19-7-4-15(12-26-19)21(23,24)25/h3-8,11-12,17H,2,9-10,13H2,1H3. The summed E-state index contributed by atoms with van der Waals surface area (Å²) in [6.45, 7) is 3.29. The Kier molecular flexibility index (Phi) is 7.02. The summed E-state index contributed by atoms with van der Waals surface area (Å²) >= 11 is 3.44. The average molecular weight is 485 g/mol. The molecule has 0 saturated carbocycles. The summed E-state index contributed by atoms with van der Waals surface area (Å²) in [6, 6.07) is 7.94. The predicted molar refractivity (Wildman–Crippen MR) is 110 cm³/mol. The Labute approximate surface area is 180 Å². The quantitative estimate of drug-likeness (QED) is 0.421. The lowest BCUT2D eigenvalue weighted by Crippen LogP contribution is -2.25. The molecule has 1 unspecified atom stereocenters. The van der Waals surface area contributed by atoms with Gasteiger partial charge in [-0.15, -0.1) is 0 Å². The van der Waals surface area contributed by atoms with E-state index < -0.39 is 17.7 Å². The number of hydrogen-bond donors (Lipinski definition) is 0. The highest BCUT2D eigenvalue weighted by molar-refractivity contribution is 9.10. The smallest absolute Gasteiger partial charge is 0.417 e. The van der Waals surface area contributed by atoms with Gasteiger partial charge >= 0.3 is 12.1 Å². The monoisotopic (exact) mass is 484 g/mol. The van der Waals surface area contributed by atoms with E-state index in [-0.39, 0.29) is 12.0 Å². The van der Waals surface area contributed by atoms with Gasteiger partial charge in [0.15, 0.2) is 0 Å². The molecule has 1 atom stereocenters. The van der Waals surface area contributed by atoms with Gasteiger partial charge in [0.05, 0.1) is 18.7 Å². The number of aromatic nitrogens is 1. The minimum absolute atomic E-state index is 0.160. The number of hydrogen-bond acceptors (Lipinski definition) is 5. The Bertz CT molecular complexity index is 917. The molecule has 2 aromatic rings. The second kappa shape index (κ2) is 9.51. The molecule has 9 heteroatoms. The van der Waals surface area contributed by atoms with E-state index in [0.717, 1.165) is 28.0 Å². The van der Waals surface area contributed by atoms with Crippen LogP contribution in [0.4, 0.5) is 18.9 Å². The molecule has 160 valence electrons. The summed E-state index contributed by atoms with van der Waals surface area (Å²) in [6.07, 6.45) is -0.0893. The second-order valence-electron chi connectivity index (χ2n) is 6.65. The van der Waals surface area contributed by atoms with E-state index >= 15 is 0 Å². The van der Waals surface area contributed by atoms with Crippen LogP contribution in [0.15, 0.2) is 47.1 Å². The molecule has 1 aromatic carbocycles. The minimum Gasteiger partial charge on any atom is -0.472 e. The zero-order chi connectivity index (χ0) is 21.7. The summed E-state index contributed by atoms with van der Waals surface area (Å²) < 4.78 is 49.5. The molecule has 1 saturated heterocycles. The molecule has 5 nitrogen and oxygen atoms in total. The van der Waals surface area contributed by atoms with E-state index in [1.165, 1.54) is 12.1 Å². The van der Waals surface area contributed by atoms with E-state index in [1.54, 1.807) is 13.0 Å². The van der Waals surface area contributed by atoms with E-state index in [4.69, 9.17) is 9.47 Å². The lowest BCUT2D eigenvalue weighted by atomic mass is 10.1. The topological polar surface area (TPSA) is 51.7 Å². The molecule has 0 spiro atoms. The van der Waals surface area contributed by atoms with Gasteiger partial charge < -0.3 is 14.4 Å². The molecule has 0 bridgehead atoms. The molecule has 1 fully saturated rings. The van der Waals surface area contributed by atoms with Crippen LogP contribution in [0.3, 0.4) is 0 Å². The van der Waals surface area contributed by atoms with Crippen LogP contribution >= 0.6 is 15.9 Å². The molecule has 30 heavy (non-hydrogen) atoms. The fourth-order valence-corrected chi connectivity index (χ4v) is 3.51. The molecular formula is C21H20BrF3N2O3. The van der Waals surface area contributed by atoms with E-state index in [1.807, 2.05) is 18.2 Å². The Morgan fingerprint density at radius 3 is 2.80 bits per heavy atom. The number of halogens is 4. The fourth-order valence-electron chi connectivity index (χ4n) is 3.13. The van der Waals surface area contributed by atoms with Crippen molar-refractivity contribution in [3.05, 3.63) is 58.2 Å². The minimum atomic E-state index is -4.43. The van der Waals surface area contributed by atoms with Gasteiger partial charge in [0, 0.05) is 41.5 Å². The van der Waals surface area contributed by atoms with Gasteiger partial charge in [-0.2, -0.15) is 13.2 Å². The number of benzene rings is 1. The van der Waals surface area contributed by atoms with Crippen molar-refractivity contribution >= 4 is 33.7 Å². The highest BCUT2D eigenvalue weighted by Gasteiger charge is 2.31. The third-order valence-electron chi connectivity index (χ3n) is 4.51. The van der Waals surface area contributed by atoms with Crippen LogP contribution < -0.4 is 9.64 Å². The van der Waals surface area contributed by atoms with Crippen LogP contribution in [0.1, 0.15) is 24.5 Å². The van der Waals surface area contributed by atoms with Crippen molar-refractivity contribution in [3.63, 3.8) is 0 Å². The Morgan fingerprint density at radius 2 is 2.13 bits per heavy atom. The maximum Gasteiger partial charge on any atom is 0.417 e. The maximum absolute atomic E-state index is 12.7. The number of ether oxygens (including phenoxy) is 2. The van der Waals surface area contributed by atoms with Crippen molar-refractivity contribution in [2.45, 2.75) is 25.6 Å². The number of pyridine rings is 1. The molecule has 0 aliphatic carbocycles. The molecule has 0 N–H and O–H groups in total. The van der Waals surface area contributed by atoms with Gasteiger partial charge in [0.25, 0.3) is 0 Å². The third-order valence-corrected chi connectivity index (χ3v) is 5.01. The first-order valence-electron chi connectivity index (χ1n) is 9.35. The zero-order valence-electron chi connectivity index (χ0n) is 16.2. The number of alkyl halides is 3. The van der Waals surface area contributed by atoms with Crippen molar-refractivity contribution in [1.82, 2.24) is 4.98 Å². The molecule has 2 heterocycles. The van der Waals surface area contributed by atoms with Crippen molar-refractivity contribution in [3.8, 4) is 5.88 Å². The van der Waals surface area contributed by atoms with Gasteiger partial charge in [-0.05, 0) is 42.8 Å². The highest BCUT2D eigenvalue weighted by Crippen LogP contribution is 2.31. The van der Waals surface area contributed by atoms with Gasteiger partial charge in [-0.1, -0.05) is 15.9 Å². The lowest BCUT2D eigenvalue weighted by Gasteiger charge is -2.21. The van der Waals surface area contributed by atoms with Crippen LogP contribution in [-0.2, 0) is 15.7 Å². The first-order valence-corrected chi connectivity index (χ1v) is 10.1. The number of esters is 1. The third kappa shape index (κ3) is 5.75. The van der Waals surface area contributed by atoms with E-state index in [9.17, 15) is 18.0 Å². The fraction of sp³-hybridized carbons (Fsp3) is 0.333. The summed E-state index contributed by atoms with van der Waals surface area (Å²) in [5.74, 6) is -0.257. The molecule has 3 rings (SSSR count). The number of carbonyl (C=O) groups is 1. The Balaban J connectivity index is 1.68. The molecule has 1 aliphatic heterocycles. The second-order valence-corrected chi connectivity index (χ2v) is 7.56. The van der Waals surface area contributed by atoms with Crippen LogP contribution in [0.25, 0.3) is 6.08 Å². The zero-order valence-corrected chi connectivity index (χ0v) is 17.7. The number of carbonyl (C=O) groups excluding carboxylic acids is 1. The first kappa shape index (κ1) is 22.1. The first-order chi connectivity index (χ1) is 14.3. The van der Waals surface area contributed by atoms with Crippen LogP contribution in [0.5, 0.6) is 5.88 Å². The summed E-state index contributed by atoms with van der Waals surface area (Å²) in [4.78, 5) is 17.5. The summed E-state index contributed by atoms with van der Waals surface area (Å²) in [7, 11) is 0. The predicted octanol–water partition coefficient (Wildman–Crippen LogP) is 5.10. The van der Waals surface area contributed by atoms with Gasteiger partial charge in [0.1, 0.15) is 6.10 Å². The van der Waals surface area contributed by atoms with Crippen LogP contribution in [0, 0.1) is 0 Å². The van der Waals surface area contributed by atoms with Crippen molar-refractivity contribution in [2.75, 3.05) is 24.6 Å². The molecule has 0 radical (unpaired) electrons. The molecular weight excluding hydrogens is 465 g/mol. The highest BCUT2D eigenvalue weighted by atomic mass is 79.9. The number of anilines is 1. The molecule has 0 amide bonds. The normalized spacial score (nSPS) is 16.8. The number of rotatable bonds is 6. The average Bonchev–Trinajstić information content (AvgIpc) is 3.14. The Hall–Kier alpha value is -2.55. The largest absolute Gasteiger partial charge is 0.472 e. The van der Waals surface area contributed by atoms with Crippen molar-refractivity contribution in [1.29, 1.82) is 0 Å². The Morgan fingerprint density at radius 1 is 1.33 bits per heavy atom. The maximum atomic E-state index is 12.7. The van der Waals surface area contributed by atoms with Crippen molar-refractivity contribution < 1.29 is 27.4 Å². The van der Waals surface area contributed by atoms with Crippen LogP contribution in [0.2, 0.25) is 0 Å². The van der Waals surface area contributed by atoms with E-state index in [2.05, 4.69) is 25.8 Å². The van der Waals surface area contributed by atoms with Crippen molar-refractivity contribution in [2.24, 2.45) is 0 Å².